The van der Waals surface area contributed by atoms with E-state index in [1.54, 1.807) is 7.11 Å². The van der Waals surface area contributed by atoms with E-state index in [2.05, 4.69) is 36.2 Å². The molecule has 3 nitrogen and oxygen atoms in total. The Morgan fingerprint density at radius 2 is 1.61 bits per heavy atom. The SMILES string of the molecule is COc1ccc(C(=O)CC(c2ccccc2)c2c(C)[nH]c3ccccc23)cc1. The first-order valence-corrected chi connectivity index (χ1v) is 9.47. The Balaban J connectivity index is 1.76. The second-order valence-corrected chi connectivity index (χ2v) is 7.03. The van der Waals surface area contributed by atoms with Crippen molar-refractivity contribution >= 4 is 16.7 Å². The number of carbonyl (C=O) groups excluding carboxylic acids is 1. The number of ether oxygens (including phenoxy) is 1. The van der Waals surface area contributed by atoms with E-state index in [9.17, 15) is 4.79 Å². The van der Waals surface area contributed by atoms with E-state index in [4.69, 9.17) is 4.74 Å². The highest BCUT2D eigenvalue weighted by Crippen LogP contribution is 2.36. The fourth-order valence-corrected chi connectivity index (χ4v) is 3.90. The molecule has 0 amide bonds. The number of benzene rings is 3. The van der Waals surface area contributed by atoms with Crippen LogP contribution in [-0.2, 0) is 0 Å². The number of hydrogen-bond acceptors (Lipinski definition) is 2. The normalized spacial score (nSPS) is 12.1. The van der Waals surface area contributed by atoms with E-state index in [1.807, 2.05) is 54.6 Å². The van der Waals surface area contributed by atoms with Crippen molar-refractivity contribution in [2.24, 2.45) is 0 Å². The van der Waals surface area contributed by atoms with E-state index in [0.29, 0.717) is 12.0 Å². The van der Waals surface area contributed by atoms with Crippen molar-refractivity contribution < 1.29 is 9.53 Å². The molecule has 0 aliphatic carbocycles. The minimum absolute atomic E-state index is 0.00745. The number of hydrogen-bond donors (Lipinski definition) is 1. The second kappa shape index (κ2) is 7.73. The molecule has 1 aromatic heterocycles. The van der Waals surface area contributed by atoms with Crippen LogP contribution in [0.2, 0.25) is 0 Å². The maximum absolute atomic E-state index is 13.1. The van der Waals surface area contributed by atoms with Crippen molar-refractivity contribution in [1.29, 1.82) is 0 Å². The van der Waals surface area contributed by atoms with Crippen LogP contribution >= 0.6 is 0 Å². The van der Waals surface area contributed by atoms with Gasteiger partial charge in [-0.1, -0.05) is 48.5 Å². The molecule has 1 unspecified atom stereocenters. The summed E-state index contributed by atoms with van der Waals surface area (Å²) in [7, 11) is 1.63. The first-order valence-electron chi connectivity index (χ1n) is 9.47. The summed E-state index contributed by atoms with van der Waals surface area (Å²) in [4.78, 5) is 16.6. The van der Waals surface area contributed by atoms with Crippen molar-refractivity contribution in [2.45, 2.75) is 19.3 Å². The van der Waals surface area contributed by atoms with Crippen molar-refractivity contribution in [3.8, 4) is 5.75 Å². The fourth-order valence-electron chi connectivity index (χ4n) is 3.90. The third-order valence-electron chi connectivity index (χ3n) is 5.30. The Hall–Kier alpha value is -3.33. The van der Waals surface area contributed by atoms with Gasteiger partial charge in [-0.25, -0.2) is 0 Å². The van der Waals surface area contributed by atoms with Gasteiger partial charge >= 0.3 is 0 Å². The standard InChI is InChI=1S/C25H23NO2/c1-17-25(21-10-6-7-11-23(21)26-17)22(18-8-4-3-5-9-18)16-24(27)19-12-14-20(28-2)15-13-19/h3-15,22,26H,16H2,1-2H3. The molecule has 28 heavy (non-hydrogen) atoms. The van der Waals surface area contributed by atoms with Crippen LogP contribution in [0.4, 0.5) is 0 Å². The van der Waals surface area contributed by atoms with E-state index < -0.39 is 0 Å². The van der Waals surface area contributed by atoms with Crippen LogP contribution in [0.5, 0.6) is 5.75 Å². The minimum Gasteiger partial charge on any atom is -0.497 e. The smallest absolute Gasteiger partial charge is 0.163 e. The van der Waals surface area contributed by atoms with Crippen molar-refractivity contribution in [1.82, 2.24) is 4.98 Å². The van der Waals surface area contributed by atoms with E-state index in [-0.39, 0.29) is 11.7 Å². The molecule has 1 heterocycles. The van der Waals surface area contributed by atoms with E-state index in [0.717, 1.165) is 22.5 Å². The van der Waals surface area contributed by atoms with Gasteiger partial charge in [-0.15, -0.1) is 0 Å². The molecule has 140 valence electrons. The van der Waals surface area contributed by atoms with Crippen molar-refractivity contribution in [2.75, 3.05) is 7.11 Å². The molecule has 3 heteroatoms. The molecule has 0 saturated carbocycles. The number of fused-ring (bicyclic) bond motifs is 1. The van der Waals surface area contributed by atoms with Gasteiger partial charge in [-0.05, 0) is 48.4 Å². The third-order valence-corrected chi connectivity index (χ3v) is 5.30. The van der Waals surface area contributed by atoms with Crippen molar-refractivity contribution in [3.63, 3.8) is 0 Å². The number of aryl methyl sites for hydroxylation is 1. The summed E-state index contributed by atoms with van der Waals surface area (Å²) in [5, 5.41) is 1.18. The van der Waals surface area contributed by atoms with Gasteiger partial charge in [-0.2, -0.15) is 0 Å². The Morgan fingerprint density at radius 1 is 0.929 bits per heavy atom. The summed E-state index contributed by atoms with van der Waals surface area (Å²) in [5.74, 6) is 0.872. The number of para-hydroxylation sites is 1. The fraction of sp³-hybridized carbons (Fsp3) is 0.160. The number of Topliss-reactive ketones (excluding diaryl/α,β-unsaturated/α-hetero) is 1. The summed E-state index contributed by atoms with van der Waals surface area (Å²) in [6.07, 6.45) is 0.416. The number of aromatic nitrogens is 1. The predicted octanol–water partition coefficient (Wildman–Crippen LogP) is 5.89. The van der Waals surface area contributed by atoms with Gasteiger partial charge in [-0.3, -0.25) is 4.79 Å². The molecule has 4 rings (SSSR count). The molecule has 4 aromatic rings. The minimum atomic E-state index is -0.00745. The van der Waals surface area contributed by atoms with Crippen LogP contribution in [0, 0.1) is 6.92 Å². The van der Waals surface area contributed by atoms with Crippen LogP contribution in [0.25, 0.3) is 10.9 Å². The number of H-pyrrole nitrogens is 1. The maximum atomic E-state index is 13.1. The van der Waals surface area contributed by atoms with Crippen molar-refractivity contribution in [3.05, 3.63) is 101 Å². The Kier molecular flexibility index (Phi) is 4.98. The lowest BCUT2D eigenvalue weighted by Gasteiger charge is -2.18. The molecule has 1 N–H and O–H groups in total. The summed E-state index contributed by atoms with van der Waals surface area (Å²) in [6, 6.07) is 25.9. The number of methoxy groups -OCH3 is 1. The zero-order chi connectivity index (χ0) is 19.5. The molecular formula is C25H23NO2. The topological polar surface area (TPSA) is 42.1 Å². The van der Waals surface area contributed by atoms with Crippen LogP contribution in [0.3, 0.4) is 0 Å². The van der Waals surface area contributed by atoms with Gasteiger partial charge in [0.1, 0.15) is 5.75 Å². The number of carbonyl (C=O) groups is 1. The quantitative estimate of drug-likeness (QED) is 0.431. The summed E-state index contributed by atoms with van der Waals surface area (Å²) >= 11 is 0. The molecule has 0 fully saturated rings. The number of ketones is 1. The zero-order valence-corrected chi connectivity index (χ0v) is 16.1. The zero-order valence-electron chi connectivity index (χ0n) is 16.1. The van der Waals surface area contributed by atoms with Crippen LogP contribution in [-0.4, -0.2) is 17.9 Å². The Labute approximate surface area is 165 Å². The summed E-state index contributed by atoms with van der Waals surface area (Å²) in [5.41, 5.74) is 5.27. The summed E-state index contributed by atoms with van der Waals surface area (Å²) in [6.45, 7) is 2.09. The molecule has 3 aromatic carbocycles. The molecule has 0 saturated heterocycles. The van der Waals surface area contributed by atoms with E-state index >= 15 is 0 Å². The average molecular weight is 369 g/mol. The lowest BCUT2D eigenvalue weighted by Crippen LogP contribution is -2.10. The Bertz CT molecular complexity index is 1090. The Morgan fingerprint density at radius 3 is 2.32 bits per heavy atom. The second-order valence-electron chi connectivity index (χ2n) is 7.03. The predicted molar refractivity (Wildman–Crippen MR) is 113 cm³/mol. The highest BCUT2D eigenvalue weighted by molar-refractivity contribution is 5.97. The van der Waals surface area contributed by atoms with Crippen LogP contribution in [0.15, 0.2) is 78.9 Å². The first-order chi connectivity index (χ1) is 13.7. The molecule has 0 bridgehead atoms. The summed E-state index contributed by atoms with van der Waals surface area (Å²) < 4.78 is 5.21. The van der Waals surface area contributed by atoms with Crippen LogP contribution < -0.4 is 4.74 Å². The number of nitrogens with one attached hydrogen (secondary N) is 1. The van der Waals surface area contributed by atoms with Crippen LogP contribution in [0.1, 0.15) is 39.5 Å². The van der Waals surface area contributed by atoms with E-state index in [1.165, 1.54) is 10.9 Å². The van der Waals surface area contributed by atoms with Gasteiger partial charge in [0.25, 0.3) is 0 Å². The molecule has 0 aliphatic heterocycles. The van der Waals surface area contributed by atoms with Gasteiger partial charge in [0.2, 0.25) is 0 Å². The molecular weight excluding hydrogens is 346 g/mol. The highest BCUT2D eigenvalue weighted by Gasteiger charge is 2.24. The average Bonchev–Trinajstić information content (AvgIpc) is 3.08. The largest absolute Gasteiger partial charge is 0.497 e. The molecule has 1 atom stereocenters. The van der Waals surface area contributed by atoms with Gasteiger partial charge < -0.3 is 9.72 Å². The van der Waals surface area contributed by atoms with Gasteiger partial charge in [0.15, 0.2) is 5.78 Å². The third kappa shape index (κ3) is 3.44. The monoisotopic (exact) mass is 369 g/mol. The molecule has 0 radical (unpaired) electrons. The molecule has 0 aliphatic rings. The van der Waals surface area contributed by atoms with Gasteiger partial charge in [0.05, 0.1) is 7.11 Å². The maximum Gasteiger partial charge on any atom is 0.163 e. The lowest BCUT2D eigenvalue weighted by molar-refractivity contribution is 0.0977. The number of aromatic amines is 1. The van der Waals surface area contributed by atoms with Gasteiger partial charge in [0, 0.05) is 34.5 Å². The number of rotatable bonds is 6. The lowest BCUT2D eigenvalue weighted by atomic mass is 9.84. The highest BCUT2D eigenvalue weighted by atomic mass is 16.5. The first kappa shape index (κ1) is 18.1. The molecule has 0 spiro atoms.